The number of piperidine rings is 1. The standard InChI is InChI=1S/C19H30N4O2/c1-19(2,3)17(23-11-7-5-9-16(23)24)18(25)20-12-14-13-22-10-6-4-8-15(22)21-14/h13,17H,4-12H2,1-3H3,(H,20,25). The molecule has 1 atom stereocenters. The first-order valence-corrected chi connectivity index (χ1v) is 9.48. The van der Waals surface area contributed by atoms with Gasteiger partial charge in [0.05, 0.1) is 12.2 Å². The molecule has 0 bridgehead atoms. The maximum Gasteiger partial charge on any atom is 0.243 e. The number of carbonyl (C=O) groups excluding carboxylic acids is 2. The van der Waals surface area contributed by atoms with Gasteiger partial charge in [0.2, 0.25) is 11.8 Å². The summed E-state index contributed by atoms with van der Waals surface area (Å²) in [5.41, 5.74) is 0.604. The van der Waals surface area contributed by atoms with E-state index in [-0.39, 0.29) is 17.2 Å². The first kappa shape index (κ1) is 18.0. The Kier molecular flexibility index (Phi) is 5.16. The average molecular weight is 346 g/mol. The minimum atomic E-state index is -0.433. The molecule has 138 valence electrons. The average Bonchev–Trinajstić information content (AvgIpc) is 2.97. The van der Waals surface area contributed by atoms with Crippen LogP contribution in [0.1, 0.15) is 64.4 Å². The van der Waals surface area contributed by atoms with Crippen molar-refractivity contribution in [3.05, 3.63) is 17.7 Å². The predicted octanol–water partition coefficient (Wildman–Crippen LogP) is 2.26. The van der Waals surface area contributed by atoms with E-state index in [1.54, 1.807) is 4.90 Å². The summed E-state index contributed by atoms with van der Waals surface area (Å²) >= 11 is 0. The van der Waals surface area contributed by atoms with Gasteiger partial charge in [-0.2, -0.15) is 0 Å². The van der Waals surface area contributed by atoms with Gasteiger partial charge >= 0.3 is 0 Å². The third kappa shape index (κ3) is 4.05. The molecule has 3 rings (SSSR count). The second kappa shape index (κ2) is 7.18. The fourth-order valence-corrected chi connectivity index (χ4v) is 3.93. The molecule has 3 heterocycles. The lowest BCUT2D eigenvalue weighted by Crippen LogP contribution is -2.56. The van der Waals surface area contributed by atoms with Crippen molar-refractivity contribution >= 4 is 11.8 Å². The normalized spacial score (nSPS) is 19.5. The van der Waals surface area contributed by atoms with Crippen molar-refractivity contribution in [3.63, 3.8) is 0 Å². The number of hydrogen-bond donors (Lipinski definition) is 1. The minimum Gasteiger partial charge on any atom is -0.349 e. The molecule has 1 fully saturated rings. The molecule has 0 aromatic carbocycles. The van der Waals surface area contributed by atoms with Crippen LogP contribution in [-0.2, 0) is 29.1 Å². The molecule has 1 aromatic heterocycles. The van der Waals surface area contributed by atoms with Crippen LogP contribution in [0, 0.1) is 5.41 Å². The second-order valence-electron chi connectivity index (χ2n) is 8.33. The van der Waals surface area contributed by atoms with Crippen molar-refractivity contribution in [2.75, 3.05) is 6.54 Å². The van der Waals surface area contributed by atoms with Crippen LogP contribution in [0.15, 0.2) is 6.20 Å². The molecule has 6 nitrogen and oxygen atoms in total. The van der Waals surface area contributed by atoms with E-state index in [1.165, 1.54) is 12.8 Å². The number of nitrogens with zero attached hydrogens (tertiary/aromatic N) is 3. The SMILES string of the molecule is CC(C)(C)C(C(=O)NCc1cn2c(n1)CCCC2)N1CCCCC1=O. The van der Waals surface area contributed by atoms with E-state index in [4.69, 9.17) is 0 Å². The summed E-state index contributed by atoms with van der Waals surface area (Å²) in [5.74, 6) is 1.14. The number of imidazole rings is 1. The molecular weight excluding hydrogens is 316 g/mol. The van der Waals surface area contributed by atoms with Crippen LogP contribution >= 0.6 is 0 Å². The molecule has 6 heteroatoms. The first-order valence-electron chi connectivity index (χ1n) is 9.48. The second-order valence-corrected chi connectivity index (χ2v) is 8.33. The van der Waals surface area contributed by atoms with Gasteiger partial charge in [0.15, 0.2) is 0 Å². The number of likely N-dealkylation sites (tertiary alicyclic amines) is 1. The van der Waals surface area contributed by atoms with E-state index in [0.717, 1.165) is 37.3 Å². The number of aryl methyl sites for hydroxylation is 2. The number of fused-ring (bicyclic) bond motifs is 1. The minimum absolute atomic E-state index is 0.0753. The lowest BCUT2D eigenvalue weighted by atomic mass is 9.84. The molecule has 2 aliphatic heterocycles. The topological polar surface area (TPSA) is 67.2 Å². The molecular formula is C19H30N4O2. The summed E-state index contributed by atoms with van der Waals surface area (Å²) in [5, 5.41) is 3.02. The van der Waals surface area contributed by atoms with Crippen molar-refractivity contribution in [1.29, 1.82) is 0 Å². The summed E-state index contributed by atoms with van der Waals surface area (Å²) in [6, 6.07) is -0.433. The predicted molar refractivity (Wildman–Crippen MR) is 95.8 cm³/mol. The molecule has 0 saturated carbocycles. The number of amides is 2. The molecule has 1 saturated heterocycles. The Bertz CT molecular complexity index is 621. The Morgan fingerprint density at radius 3 is 2.60 bits per heavy atom. The van der Waals surface area contributed by atoms with Gasteiger partial charge in [0.25, 0.3) is 0 Å². The van der Waals surface area contributed by atoms with Crippen molar-refractivity contribution in [2.24, 2.45) is 5.41 Å². The highest BCUT2D eigenvalue weighted by molar-refractivity contribution is 5.88. The van der Waals surface area contributed by atoms with Crippen LogP contribution in [0.4, 0.5) is 0 Å². The van der Waals surface area contributed by atoms with Crippen molar-refractivity contribution in [1.82, 2.24) is 19.8 Å². The van der Waals surface area contributed by atoms with E-state index in [2.05, 4.69) is 14.9 Å². The molecule has 0 radical (unpaired) electrons. The number of carbonyl (C=O) groups is 2. The molecule has 1 unspecified atom stereocenters. The molecule has 2 amide bonds. The number of nitrogens with one attached hydrogen (secondary N) is 1. The van der Waals surface area contributed by atoms with E-state index in [1.807, 2.05) is 27.0 Å². The first-order chi connectivity index (χ1) is 11.9. The molecule has 1 aromatic rings. The van der Waals surface area contributed by atoms with Gasteiger partial charge < -0.3 is 14.8 Å². The Morgan fingerprint density at radius 2 is 1.92 bits per heavy atom. The van der Waals surface area contributed by atoms with E-state index in [0.29, 0.717) is 19.5 Å². The van der Waals surface area contributed by atoms with Crippen LogP contribution in [0.5, 0.6) is 0 Å². The van der Waals surface area contributed by atoms with Crippen LogP contribution in [0.2, 0.25) is 0 Å². The quantitative estimate of drug-likeness (QED) is 0.909. The lowest BCUT2D eigenvalue weighted by molar-refractivity contribution is -0.146. The highest BCUT2D eigenvalue weighted by Crippen LogP contribution is 2.28. The molecule has 0 spiro atoms. The summed E-state index contributed by atoms with van der Waals surface area (Å²) in [4.78, 5) is 31.6. The lowest BCUT2D eigenvalue weighted by Gasteiger charge is -2.40. The van der Waals surface area contributed by atoms with Crippen molar-refractivity contribution in [3.8, 4) is 0 Å². The van der Waals surface area contributed by atoms with Crippen LogP contribution in [-0.4, -0.2) is 38.9 Å². The fourth-order valence-electron chi connectivity index (χ4n) is 3.93. The Balaban J connectivity index is 1.68. The van der Waals surface area contributed by atoms with Crippen molar-refractivity contribution in [2.45, 2.75) is 78.4 Å². The maximum absolute atomic E-state index is 12.9. The Hall–Kier alpha value is -1.85. The van der Waals surface area contributed by atoms with Gasteiger partial charge in [-0.25, -0.2) is 4.98 Å². The largest absolute Gasteiger partial charge is 0.349 e. The molecule has 2 aliphatic rings. The van der Waals surface area contributed by atoms with Gasteiger partial charge in [-0.1, -0.05) is 20.8 Å². The van der Waals surface area contributed by atoms with Crippen LogP contribution in [0.25, 0.3) is 0 Å². The monoisotopic (exact) mass is 346 g/mol. The number of hydrogen-bond acceptors (Lipinski definition) is 3. The summed E-state index contributed by atoms with van der Waals surface area (Å²) < 4.78 is 2.19. The van der Waals surface area contributed by atoms with Gasteiger partial charge in [-0.05, 0) is 31.1 Å². The van der Waals surface area contributed by atoms with E-state index < -0.39 is 6.04 Å². The summed E-state index contributed by atoms with van der Waals surface area (Å²) in [6.07, 6.45) is 7.89. The number of rotatable bonds is 4. The maximum atomic E-state index is 12.9. The van der Waals surface area contributed by atoms with Crippen LogP contribution < -0.4 is 5.32 Å². The Labute approximate surface area is 150 Å². The zero-order valence-corrected chi connectivity index (χ0v) is 15.7. The van der Waals surface area contributed by atoms with Gasteiger partial charge in [0.1, 0.15) is 11.9 Å². The fraction of sp³-hybridized carbons (Fsp3) is 0.737. The van der Waals surface area contributed by atoms with E-state index in [9.17, 15) is 9.59 Å². The molecule has 1 N–H and O–H groups in total. The number of aromatic nitrogens is 2. The summed E-state index contributed by atoms with van der Waals surface area (Å²) in [7, 11) is 0. The van der Waals surface area contributed by atoms with Gasteiger partial charge in [-0.15, -0.1) is 0 Å². The third-order valence-corrected chi connectivity index (χ3v) is 5.14. The Morgan fingerprint density at radius 1 is 1.20 bits per heavy atom. The van der Waals surface area contributed by atoms with Crippen molar-refractivity contribution < 1.29 is 9.59 Å². The summed E-state index contributed by atoms with van der Waals surface area (Å²) in [6.45, 7) is 8.18. The van der Waals surface area contributed by atoms with Gasteiger partial charge in [-0.3, -0.25) is 9.59 Å². The molecule has 0 aliphatic carbocycles. The van der Waals surface area contributed by atoms with E-state index >= 15 is 0 Å². The molecule has 25 heavy (non-hydrogen) atoms. The van der Waals surface area contributed by atoms with Gasteiger partial charge in [0, 0.05) is 32.1 Å². The zero-order chi connectivity index (χ0) is 18.0. The smallest absolute Gasteiger partial charge is 0.243 e. The third-order valence-electron chi connectivity index (χ3n) is 5.14. The van der Waals surface area contributed by atoms with Crippen LogP contribution in [0.3, 0.4) is 0 Å². The zero-order valence-electron chi connectivity index (χ0n) is 15.7. The highest BCUT2D eigenvalue weighted by Gasteiger charge is 2.39. The highest BCUT2D eigenvalue weighted by atomic mass is 16.2.